The zero-order valence-electron chi connectivity index (χ0n) is 15.9. The maximum absolute atomic E-state index is 12.8. The van der Waals surface area contributed by atoms with Crippen molar-refractivity contribution in [3.63, 3.8) is 0 Å². The van der Waals surface area contributed by atoms with Crippen LogP contribution in [0.25, 0.3) is 0 Å². The zero-order valence-corrected chi connectivity index (χ0v) is 15.9. The van der Waals surface area contributed by atoms with Gasteiger partial charge in [-0.2, -0.15) is 0 Å². The molecule has 2 aliphatic rings. The summed E-state index contributed by atoms with van der Waals surface area (Å²) in [6.45, 7) is 10.0. The minimum Gasteiger partial charge on any atom is -0.382 e. The third kappa shape index (κ3) is 4.73. The Hall–Kier alpha value is -1.59. The Labute approximate surface area is 152 Å². The molecule has 1 unspecified atom stereocenters. The standard InChI is InChI=1S/C20H32N4O/c1-16-4-6-18(7-5-16)21-19-8-10-24(11-9-19)20(25)17(2)23-14-12-22(3)13-15-23/h4-7,17,19,21H,8-15H2,1-3H3. The highest BCUT2D eigenvalue weighted by Crippen LogP contribution is 2.19. The van der Waals surface area contributed by atoms with E-state index in [0.29, 0.717) is 11.9 Å². The van der Waals surface area contributed by atoms with Crippen molar-refractivity contribution in [2.24, 2.45) is 0 Å². The van der Waals surface area contributed by atoms with Gasteiger partial charge in [0.2, 0.25) is 5.91 Å². The normalized spacial score (nSPS) is 22.0. The number of carbonyl (C=O) groups is 1. The highest BCUT2D eigenvalue weighted by Gasteiger charge is 2.30. The van der Waals surface area contributed by atoms with E-state index in [1.54, 1.807) is 0 Å². The highest BCUT2D eigenvalue weighted by molar-refractivity contribution is 5.81. The molecule has 1 aromatic carbocycles. The average Bonchev–Trinajstić information content (AvgIpc) is 2.64. The third-order valence-electron chi connectivity index (χ3n) is 5.67. The second kappa shape index (κ2) is 8.19. The number of anilines is 1. The van der Waals surface area contributed by atoms with Gasteiger partial charge >= 0.3 is 0 Å². The van der Waals surface area contributed by atoms with E-state index in [1.807, 2.05) is 0 Å². The minimum absolute atomic E-state index is 0.00954. The number of piperazine rings is 1. The molecule has 5 heteroatoms. The number of nitrogens with zero attached hydrogens (tertiary/aromatic N) is 3. The first-order valence-electron chi connectivity index (χ1n) is 9.57. The molecule has 138 valence electrons. The molecule has 0 spiro atoms. The number of likely N-dealkylation sites (tertiary alicyclic amines) is 1. The van der Waals surface area contributed by atoms with Crippen molar-refractivity contribution in [2.75, 3.05) is 51.6 Å². The SMILES string of the molecule is Cc1ccc(NC2CCN(C(=O)C(C)N3CCN(C)CC3)CC2)cc1. The van der Waals surface area contributed by atoms with Crippen LogP contribution in [-0.4, -0.2) is 79.0 Å². The molecular weight excluding hydrogens is 312 g/mol. The van der Waals surface area contributed by atoms with Gasteiger partial charge in [-0.3, -0.25) is 9.69 Å². The lowest BCUT2D eigenvalue weighted by Crippen LogP contribution is -2.55. The van der Waals surface area contributed by atoms with Crippen LogP contribution in [0.2, 0.25) is 0 Å². The van der Waals surface area contributed by atoms with Gasteiger partial charge in [0.1, 0.15) is 0 Å². The summed E-state index contributed by atoms with van der Waals surface area (Å²) >= 11 is 0. The topological polar surface area (TPSA) is 38.8 Å². The van der Waals surface area contributed by atoms with E-state index in [9.17, 15) is 4.79 Å². The Morgan fingerprint density at radius 3 is 2.24 bits per heavy atom. The number of carbonyl (C=O) groups excluding carboxylic acids is 1. The molecule has 0 radical (unpaired) electrons. The molecule has 1 atom stereocenters. The van der Waals surface area contributed by atoms with Crippen LogP contribution in [0.4, 0.5) is 5.69 Å². The molecule has 1 aromatic rings. The fourth-order valence-corrected chi connectivity index (χ4v) is 3.76. The molecule has 1 amide bonds. The smallest absolute Gasteiger partial charge is 0.239 e. The van der Waals surface area contributed by atoms with Crippen molar-refractivity contribution in [3.8, 4) is 0 Å². The van der Waals surface area contributed by atoms with Crippen LogP contribution in [0.5, 0.6) is 0 Å². The van der Waals surface area contributed by atoms with Crippen LogP contribution in [0.15, 0.2) is 24.3 Å². The lowest BCUT2D eigenvalue weighted by molar-refractivity contribution is -0.138. The Morgan fingerprint density at radius 2 is 1.64 bits per heavy atom. The van der Waals surface area contributed by atoms with E-state index in [1.165, 1.54) is 11.3 Å². The second-order valence-corrected chi connectivity index (χ2v) is 7.63. The Morgan fingerprint density at radius 1 is 1.04 bits per heavy atom. The van der Waals surface area contributed by atoms with Crippen LogP contribution in [0.1, 0.15) is 25.3 Å². The van der Waals surface area contributed by atoms with E-state index < -0.39 is 0 Å². The van der Waals surface area contributed by atoms with Crippen molar-refractivity contribution in [1.29, 1.82) is 0 Å². The summed E-state index contributed by atoms with van der Waals surface area (Å²) in [5.74, 6) is 0.304. The van der Waals surface area contributed by atoms with Crippen LogP contribution in [0, 0.1) is 6.92 Å². The quantitative estimate of drug-likeness (QED) is 0.907. The van der Waals surface area contributed by atoms with Gasteiger partial charge in [-0.15, -0.1) is 0 Å². The molecular formula is C20H32N4O. The first-order chi connectivity index (χ1) is 12.0. The van der Waals surface area contributed by atoms with E-state index in [0.717, 1.165) is 52.1 Å². The van der Waals surface area contributed by atoms with Crippen molar-refractivity contribution < 1.29 is 4.79 Å². The summed E-state index contributed by atoms with van der Waals surface area (Å²) in [5.41, 5.74) is 2.46. The number of piperidine rings is 1. The maximum atomic E-state index is 12.8. The van der Waals surface area contributed by atoms with Gasteiger partial charge in [-0.05, 0) is 45.9 Å². The molecule has 2 heterocycles. The first kappa shape index (κ1) is 18.2. The number of aryl methyl sites for hydroxylation is 1. The maximum Gasteiger partial charge on any atom is 0.239 e. The molecule has 2 fully saturated rings. The summed E-state index contributed by atoms with van der Waals surface area (Å²) in [7, 11) is 2.15. The van der Waals surface area contributed by atoms with Crippen LogP contribution < -0.4 is 5.32 Å². The van der Waals surface area contributed by atoms with Gasteiger partial charge < -0.3 is 15.1 Å². The van der Waals surface area contributed by atoms with Crippen molar-refractivity contribution >= 4 is 11.6 Å². The summed E-state index contributed by atoms with van der Waals surface area (Å²) in [6, 6.07) is 9.03. The number of nitrogens with one attached hydrogen (secondary N) is 1. The average molecular weight is 345 g/mol. The number of benzene rings is 1. The van der Waals surface area contributed by atoms with E-state index in [4.69, 9.17) is 0 Å². The van der Waals surface area contributed by atoms with Gasteiger partial charge in [0.25, 0.3) is 0 Å². The van der Waals surface area contributed by atoms with Crippen LogP contribution in [-0.2, 0) is 4.79 Å². The van der Waals surface area contributed by atoms with Crippen LogP contribution in [0.3, 0.4) is 0 Å². The van der Waals surface area contributed by atoms with Crippen molar-refractivity contribution in [3.05, 3.63) is 29.8 Å². The largest absolute Gasteiger partial charge is 0.382 e. The molecule has 0 aliphatic carbocycles. The predicted octanol–water partition coefficient (Wildman–Crippen LogP) is 2.03. The second-order valence-electron chi connectivity index (χ2n) is 7.63. The summed E-state index contributed by atoms with van der Waals surface area (Å²) in [6.07, 6.45) is 2.05. The molecule has 0 saturated carbocycles. The van der Waals surface area contributed by atoms with Gasteiger partial charge in [-0.1, -0.05) is 17.7 Å². The first-order valence-corrected chi connectivity index (χ1v) is 9.57. The zero-order chi connectivity index (χ0) is 17.8. The molecule has 1 N–H and O–H groups in total. The minimum atomic E-state index is 0.00954. The summed E-state index contributed by atoms with van der Waals surface area (Å²) in [4.78, 5) is 19.6. The van der Waals surface area contributed by atoms with Crippen molar-refractivity contribution in [2.45, 2.75) is 38.8 Å². The Balaban J connectivity index is 1.46. The van der Waals surface area contributed by atoms with Crippen LogP contribution >= 0.6 is 0 Å². The molecule has 5 nitrogen and oxygen atoms in total. The highest BCUT2D eigenvalue weighted by atomic mass is 16.2. The molecule has 3 rings (SSSR count). The number of hydrogen-bond acceptors (Lipinski definition) is 4. The lowest BCUT2D eigenvalue weighted by atomic mass is 10.0. The number of hydrogen-bond donors (Lipinski definition) is 1. The molecule has 25 heavy (non-hydrogen) atoms. The molecule has 0 bridgehead atoms. The van der Waals surface area contributed by atoms with E-state index in [-0.39, 0.29) is 6.04 Å². The number of likely N-dealkylation sites (N-methyl/N-ethyl adjacent to an activating group) is 1. The Kier molecular flexibility index (Phi) is 5.97. The number of amides is 1. The van der Waals surface area contributed by atoms with Gasteiger partial charge in [-0.25, -0.2) is 0 Å². The number of rotatable bonds is 4. The van der Waals surface area contributed by atoms with Gasteiger partial charge in [0.05, 0.1) is 6.04 Å². The monoisotopic (exact) mass is 344 g/mol. The fourth-order valence-electron chi connectivity index (χ4n) is 3.76. The molecule has 2 saturated heterocycles. The predicted molar refractivity (Wildman–Crippen MR) is 103 cm³/mol. The third-order valence-corrected chi connectivity index (χ3v) is 5.67. The molecule has 0 aromatic heterocycles. The van der Waals surface area contributed by atoms with Crippen molar-refractivity contribution in [1.82, 2.24) is 14.7 Å². The van der Waals surface area contributed by atoms with Gasteiger partial charge in [0, 0.05) is 51.0 Å². The lowest BCUT2D eigenvalue weighted by Gasteiger charge is -2.39. The summed E-state index contributed by atoms with van der Waals surface area (Å²) < 4.78 is 0. The molecule has 2 aliphatic heterocycles. The van der Waals surface area contributed by atoms with Gasteiger partial charge in [0.15, 0.2) is 0 Å². The van der Waals surface area contributed by atoms with E-state index >= 15 is 0 Å². The van der Waals surface area contributed by atoms with E-state index in [2.05, 4.69) is 65.2 Å². The Bertz CT molecular complexity index is 558. The summed E-state index contributed by atoms with van der Waals surface area (Å²) in [5, 5.41) is 3.61. The fraction of sp³-hybridized carbons (Fsp3) is 0.650.